The smallest absolute Gasteiger partial charge is 0.0998 e. The molecule has 0 fully saturated rings. The molecule has 4 heteroatoms. The standard InChI is InChI=1S/C38H26N4/c1-24-11-13-30-28-7-3-5-9-33(28)41(35(30)19-24)37-21-27(23-39)32(26-15-17-40-18-16-26)22-38(37)42-34-10-6-4-8-29(34)31-14-12-25(2)20-36(31)42/h3-22H,1-2H3. The van der Waals surface area contributed by atoms with Crippen LogP contribution in [0.4, 0.5) is 0 Å². The number of rotatable bonds is 3. The van der Waals surface area contributed by atoms with Crippen LogP contribution in [0.2, 0.25) is 0 Å². The normalized spacial score (nSPS) is 11.5. The predicted octanol–water partition coefficient (Wildman–Crippen LogP) is 9.43. The van der Waals surface area contributed by atoms with Crippen molar-refractivity contribution in [3.63, 3.8) is 0 Å². The Labute approximate surface area is 243 Å². The first-order valence-electron chi connectivity index (χ1n) is 14.1. The largest absolute Gasteiger partial charge is 0.307 e. The molecule has 198 valence electrons. The number of para-hydroxylation sites is 2. The van der Waals surface area contributed by atoms with Crippen LogP contribution in [0.25, 0.3) is 66.1 Å². The van der Waals surface area contributed by atoms with Crippen molar-refractivity contribution in [1.29, 1.82) is 5.26 Å². The Morgan fingerprint density at radius 3 is 1.60 bits per heavy atom. The molecule has 0 aliphatic rings. The molecule has 4 nitrogen and oxygen atoms in total. The van der Waals surface area contributed by atoms with E-state index >= 15 is 0 Å². The number of fused-ring (bicyclic) bond motifs is 6. The Hall–Kier alpha value is -5.66. The number of aromatic nitrogens is 3. The number of pyridine rings is 1. The van der Waals surface area contributed by atoms with Crippen molar-refractivity contribution in [1.82, 2.24) is 14.1 Å². The first kappa shape index (κ1) is 24.2. The molecule has 8 rings (SSSR count). The molecule has 3 heterocycles. The molecule has 0 radical (unpaired) electrons. The molecule has 0 aliphatic heterocycles. The van der Waals surface area contributed by atoms with Crippen molar-refractivity contribution < 1.29 is 0 Å². The molecule has 0 N–H and O–H groups in total. The molecule has 0 bridgehead atoms. The minimum absolute atomic E-state index is 0.621. The van der Waals surface area contributed by atoms with Gasteiger partial charge in [-0.25, -0.2) is 0 Å². The fourth-order valence-electron chi connectivity index (χ4n) is 6.48. The first-order valence-corrected chi connectivity index (χ1v) is 14.1. The molecule has 0 aliphatic carbocycles. The van der Waals surface area contributed by atoms with E-state index in [4.69, 9.17) is 0 Å². The highest BCUT2D eigenvalue weighted by molar-refractivity contribution is 6.12. The summed E-state index contributed by atoms with van der Waals surface area (Å²) in [5.74, 6) is 0. The van der Waals surface area contributed by atoms with Gasteiger partial charge in [0, 0.05) is 39.5 Å². The lowest BCUT2D eigenvalue weighted by Crippen LogP contribution is -2.05. The zero-order chi connectivity index (χ0) is 28.4. The summed E-state index contributed by atoms with van der Waals surface area (Å²) in [4.78, 5) is 4.23. The van der Waals surface area contributed by atoms with E-state index in [1.165, 1.54) is 32.7 Å². The van der Waals surface area contributed by atoms with Crippen LogP contribution in [0.1, 0.15) is 16.7 Å². The molecule has 5 aromatic carbocycles. The van der Waals surface area contributed by atoms with Crippen molar-refractivity contribution in [2.24, 2.45) is 0 Å². The van der Waals surface area contributed by atoms with Crippen LogP contribution in [0.5, 0.6) is 0 Å². The maximum atomic E-state index is 10.5. The Morgan fingerprint density at radius 2 is 1.05 bits per heavy atom. The second kappa shape index (κ2) is 9.19. The number of benzene rings is 5. The minimum atomic E-state index is 0.621. The number of hydrogen-bond acceptors (Lipinski definition) is 2. The van der Waals surface area contributed by atoms with E-state index in [2.05, 4.69) is 131 Å². The lowest BCUT2D eigenvalue weighted by Gasteiger charge is -2.19. The third-order valence-electron chi connectivity index (χ3n) is 8.37. The molecule has 0 atom stereocenters. The summed E-state index contributed by atoms with van der Waals surface area (Å²) in [5, 5.41) is 15.3. The topological polar surface area (TPSA) is 46.5 Å². The van der Waals surface area contributed by atoms with Gasteiger partial charge in [-0.1, -0.05) is 60.7 Å². The van der Waals surface area contributed by atoms with Gasteiger partial charge in [-0.15, -0.1) is 0 Å². The summed E-state index contributed by atoms with van der Waals surface area (Å²) in [6, 6.07) is 41.1. The second-order valence-electron chi connectivity index (χ2n) is 11.0. The van der Waals surface area contributed by atoms with E-state index in [9.17, 15) is 5.26 Å². The van der Waals surface area contributed by atoms with Crippen molar-refractivity contribution in [2.45, 2.75) is 13.8 Å². The van der Waals surface area contributed by atoms with E-state index in [0.717, 1.165) is 44.6 Å². The molecule has 0 spiro atoms. The molecule has 0 amide bonds. The third kappa shape index (κ3) is 3.51. The van der Waals surface area contributed by atoms with E-state index in [1.54, 1.807) is 12.4 Å². The third-order valence-corrected chi connectivity index (χ3v) is 8.37. The zero-order valence-corrected chi connectivity index (χ0v) is 23.3. The maximum Gasteiger partial charge on any atom is 0.0998 e. The highest BCUT2D eigenvalue weighted by Crippen LogP contribution is 2.41. The van der Waals surface area contributed by atoms with Crippen LogP contribution < -0.4 is 0 Å². The van der Waals surface area contributed by atoms with Crippen LogP contribution >= 0.6 is 0 Å². The van der Waals surface area contributed by atoms with E-state index in [-0.39, 0.29) is 0 Å². The summed E-state index contributed by atoms with van der Waals surface area (Å²) in [6.45, 7) is 4.27. The van der Waals surface area contributed by atoms with Gasteiger partial charge in [-0.05, 0) is 79.1 Å². The molecular formula is C38H26N4. The summed E-state index contributed by atoms with van der Waals surface area (Å²) in [5.41, 5.74) is 11.3. The second-order valence-corrected chi connectivity index (χ2v) is 11.0. The molecule has 0 saturated heterocycles. The van der Waals surface area contributed by atoms with E-state index in [1.807, 2.05) is 12.1 Å². The Morgan fingerprint density at radius 1 is 0.548 bits per heavy atom. The monoisotopic (exact) mass is 538 g/mol. The van der Waals surface area contributed by atoms with Crippen molar-refractivity contribution >= 4 is 43.6 Å². The maximum absolute atomic E-state index is 10.5. The Balaban J connectivity index is 1.60. The molecule has 0 saturated carbocycles. The van der Waals surface area contributed by atoms with Crippen molar-refractivity contribution in [3.8, 4) is 28.6 Å². The first-order chi connectivity index (χ1) is 20.6. The average Bonchev–Trinajstić information content (AvgIpc) is 3.52. The van der Waals surface area contributed by atoms with Gasteiger partial charge >= 0.3 is 0 Å². The molecule has 42 heavy (non-hydrogen) atoms. The van der Waals surface area contributed by atoms with Gasteiger partial charge < -0.3 is 9.13 Å². The lowest BCUT2D eigenvalue weighted by molar-refractivity contribution is 1.09. The average molecular weight is 539 g/mol. The van der Waals surface area contributed by atoms with Crippen molar-refractivity contribution in [2.75, 3.05) is 0 Å². The summed E-state index contributed by atoms with van der Waals surface area (Å²) < 4.78 is 4.70. The Kier molecular flexibility index (Phi) is 5.29. The van der Waals surface area contributed by atoms with E-state index in [0.29, 0.717) is 5.56 Å². The molecule has 3 aromatic heterocycles. The van der Waals surface area contributed by atoms with Gasteiger partial charge in [0.2, 0.25) is 0 Å². The number of nitriles is 1. The predicted molar refractivity (Wildman–Crippen MR) is 173 cm³/mol. The number of aryl methyl sites for hydroxylation is 2. The summed E-state index contributed by atoms with van der Waals surface area (Å²) in [6.07, 6.45) is 3.56. The highest BCUT2D eigenvalue weighted by atomic mass is 15.1. The molecule has 0 unspecified atom stereocenters. The van der Waals surface area contributed by atoms with Gasteiger partial charge in [-0.2, -0.15) is 5.26 Å². The van der Waals surface area contributed by atoms with Gasteiger partial charge in [0.15, 0.2) is 0 Å². The van der Waals surface area contributed by atoms with Crippen LogP contribution in [-0.4, -0.2) is 14.1 Å². The van der Waals surface area contributed by atoms with Gasteiger partial charge in [0.25, 0.3) is 0 Å². The molecule has 8 aromatic rings. The quantitative estimate of drug-likeness (QED) is 0.225. The van der Waals surface area contributed by atoms with Crippen molar-refractivity contribution in [3.05, 3.63) is 138 Å². The number of nitrogens with zero attached hydrogens (tertiary/aromatic N) is 4. The SMILES string of the molecule is Cc1ccc2c3ccccc3n(-c3cc(C#N)c(-c4ccncc4)cc3-n3c4ccccc4c4ccc(C)cc43)c2c1. The van der Waals surface area contributed by atoms with Crippen LogP contribution in [-0.2, 0) is 0 Å². The Bertz CT molecular complexity index is 2380. The van der Waals surface area contributed by atoms with Gasteiger partial charge in [-0.3, -0.25) is 4.98 Å². The fourth-order valence-corrected chi connectivity index (χ4v) is 6.48. The summed E-state index contributed by atoms with van der Waals surface area (Å²) >= 11 is 0. The van der Waals surface area contributed by atoms with Crippen LogP contribution in [0.15, 0.2) is 122 Å². The van der Waals surface area contributed by atoms with Crippen LogP contribution in [0, 0.1) is 25.2 Å². The van der Waals surface area contributed by atoms with E-state index < -0.39 is 0 Å². The summed E-state index contributed by atoms with van der Waals surface area (Å²) in [7, 11) is 0. The minimum Gasteiger partial charge on any atom is -0.307 e. The van der Waals surface area contributed by atoms with Crippen LogP contribution in [0.3, 0.4) is 0 Å². The molecular weight excluding hydrogens is 512 g/mol. The fraction of sp³-hybridized carbons (Fsp3) is 0.0526. The zero-order valence-electron chi connectivity index (χ0n) is 23.3. The van der Waals surface area contributed by atoms with Gasteiger partial charge in [0.1, 0.15) is 0 Å². The van der Waals surface area contributed by atoms with Gasteiger partial charge in [0.05, 0.1) is 45.1 Å². The highest BCUT2D eigenvalue weighted by Gasteiger charge is 2.22. The number of hydrogen-bond donors (Lipinski definition) is 0. The lowest BCUT2D eigenvalue weighted by atomic mass is 9.99.